The van der Waals surface area contributed by atoms with E-state index in [4.69, 9.17) is 16.3 Å². The molecule has 0 amide bonds. The first-order chi connectivity index (χ1) is 12.2. The third-order valence-corrected chi connectivity index (χ3v) is 3.95. The van der Waals surface area contributed by atoms with Gasteiger partial charge in [-0.3, -0.25) is 9.39 Å². The van der Waals surface area contributed by atoms with Crippen LogP contribution in [-0.4, -0.2) is 34.7 Å². The summed E-state index contributed by atoms with van der Waals surface area (Å²) in [6.45, 7) is 1.06. The number of hydrogen-bond acceptors (Lipinski definition) is 4. The number of guanidine groups is 1. The molecule has 0 bridgehead atoms. The summed E-state index contributed by atoms with van der Waals surface area (Å²) in [5, 5.41) is 15.4. The molecule has 25 heavy (non-hydrogen) atoms. The van der Waals surface area contributed by atoms with Crippen LogP contribution < -0.4 is 15.4 Å². The molecule has 7 nitrogen and oxygen atoms in total. The van der Waals surface area contributed by atoms with Crippen molar-refractivity contribution in [3.05, 3.63) is 59.0 Å². The highest BCUT2D eigenvalue weighted by molar-refractivity contribution is 6.30. The van der Waals surface area contributed by atoms with Crippen molar-refractivity contribution in [3.63, 3.8) is 0 Å². The summed E-state index contributed by atoms with van der Waals surface area (Å²) in [6, 6.07) is 11.3. The van der Waals surface area contributed by atoms with Gasteiger partial charge in [0.05, 0.1) is 13.7 Å². The molecule has 0 aliphatic carbocycles. The quantitative estimate of drug-likeness (QED) is 0.540. The Morgan fingerprint density at radius 3 is 2.84 bits per heavy atom. The Morgan fingerprint density at radius 1 is 1.20 bits per heavy atom. The first-order valence-electron chi connectivity index (χ1n) is 7.77. The van der Waals surface area contributed by atoms with Crippen molar-refractivity contribution in [3.8, 4) is 5.75 Å². The minimum atomic E-state index is 0.503. The van der Waals surface area contributed by atoms with E-state index in [1.54, 1.807) is 20.2 Å². The fraction of sp³-hybridized carbons (Fsp3) is 0.235. The van der Waals surface area contributed by atoms with Crippen LogP contribution in [0.25, 0.3) is 5.65 Å². The molecule has 0 saturated heterocycles. The third-order valence-electron chi connectivity index (χ3n) is 3.72. The molecule has 0 aliphatic heterocycles. The number of aromatic nitrogens is 3. The van der Waals surface area contributed by atoms with Crippen LogP contribution in [0.3, 0.4) is 0 Å². The number of benzene rings is 1. The Kier molecular flexibility index (Phi) is 5.35. The molecule has 1 aromatic carbocycles. The van der Waals surface area contributed by atoms with Gasteiger partial charge < -0.3 is 15.4 Å². The molecule has 0 atom stereocenters. The molecule has 130 valence electrons. The molecule has 2 heterocycles. The number of fused-ring (bicyclic) bond motifs is 1. The number of pyridine rings is 1. The largest absolute Gasteiger partial charge is 0.496 e. The van der Waals surface area contributed by atoms with Crippen LogP contribution in [0.15, 0.2) is 47.6 Å². The predicted octanol–water partition coefficient (Wildman–Crippen LogP) is 2.26. The lowest BCUT2D eigenvalue weighted by Crippen LogP contribution is -2.36. The fourth-order valence-electron chi connectivity index (χ4n) is 2.44. The van der Waals surface area contributed by atoms with Crippen molar-refractivity contribution >= 4 is 23.2 Å². The molecule has 0 aliphatic rings. The van der Waals surface area contributed by atoms with Gasteiger partial charge in [0, 0.05) is 30.4 Å². The maximum Gasteiger partial charge on any atom is 0.191 e. The standard InChI is InChI=1S/C17H19ClN6O/c1-19-17(20-10-12-6-7-13(18)9-14(12)25-2)21-11-16-23-22-15-5-3-4-8-24(15)16/h3-9H,10-11H2,1-2H3,(H2,19,20,21). The molecular formula is C17H19ClN6O. The van der Waals surface area contributed by atoms with Gasteiger partial charge in [-0.25, -0.2) is 0 Å². The van der Waals surface area contributed by atoms with E-state index in [0.29, 0.717) is 24.1 Å². The summed E-state index contributed by atoms with van der Waals surface area (Å²) >= 11 is 5.99. The lowest BCUT2D eigenvalue weighted by Gasteiger charge is -2.13. The number of nitrogens with one attached hydrogen (secondary N) is 2. The molecule has 2 aromatic heterocycles. The van der Waals surface area contributed by atoms with Gasteiger partial charge in [-0.1, -0.05) is 23.7 Å². The van der Waals surface area contributed by atoms with Crippen molar-refractivity contribution in [2.75, 3.05) is 14.2 Å². The third kappa shape index (κ3) is 4.00. The summed E-state index contributed by atoms with van der Waals surface area (Å²) in [5.74, 6) is 2.20. The van der Waals surface area contributed by atoms with Crippen LogP contribution >= 0.6 is 11.6 Å². The molecule has 0 radical (unpaired) electrons. The number of ether oxygens (including phenoxy) is 1. The zero-order valence-corrected chi connectivity index (χ0v) is 14.8. The highest BCUT2D eigenvalue weighted by Crippen LogP contribution is 2.22. The molecule has 0 fully saturated rings. The number of rotatable bonds is 5. The van der Waals surface area contributed by atoms with Gasteiger partial charge in [0.15, 0.2) is 17.4 Å². The first kappa shape index (κ1) is 17.0. The SMILES string of the molecule is CN=C(NCc1ccc(Cl)cc1OC)NCc1nnc2ccccn12. The average Bonchev–Trinajstić information content (AvgIpc) is 3.06. The molecule has 0 unspecified atom stereocenters. The summed E-state index contributed by atoms with van der Waals surface area (Å²) < 4.78 is 7.29. The van der Waals surface area contributed by atoms with E-state index in [2.05, 4.69) is 25.8 Å². The highest BCUT2D eigenvalue weighted by Gasteiger charge is 2.07. The molecule has 3 rings (SSSR count). The number of hydrogen-bond donors (Lipinski definition) is 2. The van der Waals surface area contributed by atoms with Gasteiger partial charge in [-0.05, 0) is 24.3 Å². The number of aliphatic imine (C=N–C) groups is 1. The minimum Gasteiger partial charge on any atom is -0.496 e. The maximum atomic E-state index is 5.99. The van der Waals surface area contributed by atoms with E-state index in [0.717, 1.165) is 22.8 Å². The Labute approximate surface area is 150 Å². The number of nitrogens with zero attached hydrogens (tertiary/aromatic N) is 4. The van der Waals surface area contributed by atoms with Crippen molar-refractivity contribution in [1.82, 2.24) is 25.2 Å². The minimum absolute atomic E-state index is 0.503. The molecule has 0 saturated carbocycles. The van der Waals surface area contributed by atoms with Crippen LogP contribution in [0.4, 0.5) is 0 Å². The number of methoxy groups -OCH3 is 1. The van der Waals surface area contributed by atoms with Crippen molar-refractivity contribution < 1.29 is 4.74 Å². The average molecular weight is 359 g/mol. The topological polar surface area (TPSA) is 75.8 Å². The second-order valence-corrected chi connectivity index (χ2v) is 5.72. The number of halogens is 1. The van der Waals surface area contributed by atoms with Crippen LogP contribution in [0, 0.1) is 0 Å². The first-order valence-corrected chi connectivity index (χ1v) is 8.14. The second kappa shape index (κ2) is 7.85. The van der Waals surface area contributed by atoms with Gasteiger partial charge >= 0.3 is 0 Å². The summed E-state index contributed by atoms with van der Waals surface area (Å²) in [6.07, 6.45) is 1.93. The summed E-state index contributed by atoms with van der Waals surface area (Å²) in [4.78, 5) is 4.23. The molecule has 0 spiro atoms. The summed E-state index contributed by atoms with van der Waals surface area (Å²) in [7, 11) is 3.34. The zero-order valence-electron chi connectivity index (χ0n) is 14.0. The van der Waals surface area contributed by atoms with Crippen molar-refractivity contribution in [2.24, 2.45) is 4.99 Å². The monoisotopic (exact) mass is 358 g/mol. The van der Waals surface area contributed by atoms with Crippen LogP contribution in [0.1, 0.15) is 11.4 Å². The van der Waals surface area contributed by atoms with E-state index < -0.39 is 0 Å². The van der Waals surface area contributed by atoms with E-state index >= 15 is 0 Å². The van der Waals surface area contributed by atoms with Gasteiger partial charge in [0.25, 0.3) is 0 Å². The molecule has 2 N–H and O–H groups in total. The summed E-state index contributed by atoms with van der Waals surface area (Å²) in [5.41, 5.74) is 1.80. The van der Waals surface area contributed by atoms with E-state index in [1.807, 2.05) is 40.9 Å². The molecule has 3 aromatic rings. The highest BCUT2D eigenvalue weighted by atomic mass is 35.5. The smallest absolute Gasteiger partial charge is 0.191 e. The van der Waals surface area contributed by atoms with Gasteiger partial charge in [0.2, 0.25) is 0 Å². The lowest BCUT2D eigenvalue weighted by atomic mass is 10.2. The van der Waals surface area contributed by atoms with Gasteiger partial charge in [-0.15, -0.1) is 10.2 Å². The lowest BCUT2D eigenvalue weighted by molar-refractivity contribution is 0.409. The van der Waals surface area contributed by atoms with E-state index in [1.165, 1.54) is 0 Å². The molecule has 8 heteroatoms. The van der Waals surface area contributed by atoms with Crippen LogP contribution in [-0.2, 0) is 13.1 Å². The van der Waals surface area contributed by atoms with E-state index in [-0.39, 0.29) is 0 Å². The second-order valence-electron chi connectivity index (χ2n) is 5.28. The Balaban J connectivity index is 1.62. The fourth-order valence-corrected chi connectivity index (χ4v) is 2.60. The normalized spacial score (nSPS) is 11.6. The van der Waals surface area contributed by atoms with Gasteiger partial charge in [0.1, 0.15) is 5.75 Å². The Morgan fingerprint density at radius 2 is 2.04 bits per heavy atom. The van der Waals surface area contributed by atoms with Crippen molar-refractivity contribution in [1.29, 1.82) is 0 Å². The van der Waals surface area contributed by atoms with E-state index in [9.17, 15) is 0 Å². The van der Waals surface area contributed by atoms with Crippen LogP contribution in [0.5, 0.6) is 5.75 Å². The van der Waals surface area contributed by atoms with Crippen molar-refractivity contribution in [2.45, 2.75) is 13.1 Å². The maximum absolute atomic E-state index is 5.99. The zero-order chi connectivity index (χ0) is 17.6. The Hall–Kier alpha value is -2.80. The van der Waals surface area contributed by atoms with Crippen LogP contribution in [0.2, 0.25) is 5.02 Å². The predicted molar refractivity (Wildman–Crippen MR) is 98.0 cm³/mol. The van der Waals surface area contributed by atoms with Gasteiger partial charge in [-0.2, -0.15) is 0 Å². The molecular weight excluding hydrogens is 340 g/mol. The Bertz CT molecular complexity index is 892.